The Hall–Kier alpha value is -4.15. The van der Waals surface area contributed by atoms with Gasteiger partial charge in [0.1, 0.15) is 5.75 Å². The number of amides is 2. The lowest BCUT2D eigenvalue weighted by Crippen LogP contribution is -2.42. The number of carbonyl (C=O) groups is 2. The van der Waals surface area contributed by atoms with Gasteiger partial charge < -0.3 is 31.1 Å². The van der Waals surface area contributed by atoms with E-state index in [2.05, 4.69) is 34.4 Å². The Kier molecular flexibility index (Phi) is 9.00. The van der Waals surface area contributed by atoms with Crippen LogP contribution in [0, 0.1) is 0 Å². The number of aliphatic hydroxyl groups is 1. The molecule has 39 heavy (non-hydrogen) atoms. The molecule has 0 aliphatic heterocycles. The fraction of sp³-hybridized carbons (Fsp3) is 0.276. The number of thiazole rings is 1. The summed E-state index contributed by atoms with van der Waals surface area (Å²) in [5.41, 5.74) is 8.95. The van der Waals surface area contributed by atoms with Crippen molar-refractivity contribution in [3.63, 3.8) is 0 Å². The largest absolute Gasteiger partial charge is 0.494 e. The summed E-state index contributed by atoms with van der Waals surface area (Å²) in [4.78, 5) is 32.9. The number of nitrogens with zero attached hydrogens (tertiary/aromatic N) is 2. The fourth-order valence-corrected chi connectivity index (χ4v) is 5.11. The fourth-order valence-electron chi connectivity index (χ4n) is 4.33. The van der Waals surface area contributed by atoms with E-state index in [0.29, 0.717) is 34.3 Å². The molecule has 0 saturated heterocycles. The van der Waals surface area contributed by atoms with Crippen molar-refractivity contribution in [2.75, 3.05) is 35.6 Å². The molecule has 0 fully saturated rings. The van der Waals surface area contributed by atoms with E-state index in [0.717, 1.165) is 29.0 Å². The lowest BCUT2D eigenvalue weighted by Gasteiger charge is -2.25. The van der Waals surface area contributed by atoms with Gasteiger partial charge in [-0.1, -0.05) is 23.5 Å². The van der Waals surface area contributed by atoms with Gasteiger partial charge >= 0.3 is 0 Å². The van der Waals surface area contributed by atoms with Gasteiger partial charge in [0.25, 0.3) is 11.8 Å². The van der Waals surface area contributed by atoms with Crippen molar-refractivity contribution in [1.29, 1.82) is 0 Å². The van der Waals surface area contributed by atoms with Crippen LogP contribution < -0.4 is 26.0 Å². The van der Waals surface area contributed by atoms with Crippen LogP contribution in [0.2, 0.25) is 0 Å². The number of benzene rings is 3. The highest BCUT2D eigenvalue weighted by Gasteiger charge is 2.30. The summed E-state index contributed by atoms with van der Waals surface area (Å²) >= 11 is 1.30. The Morgan fingerprint density at radius 1 is 1.05 bits per heavy atom. The van der Waals surface area contributed by atoms with E-state index in [4.69, 9.17) is 10.5 Å². The highest BCUT2D eigenvalue weighted by atomic mass is 32.1. The predicted molar refractivity (Wildman–Crippen MR) is 156 cm³/mol. The minimum absolute atomic E-state index is 0.415. The number of nitrogen functional groups attached to an aromatic ring is 1. The smallest absolute Gasteiger partial charge is 0.255 e. The zero-order valence-electron chi connectivity index (χ0n) is 22.2. The zero-order valence-corrected chi connectivity index (χ0v) is 23.0. The van der Waals surface area contributed by atoms with Gasteiger partial charge in [0.05, 0.1) is 22.9 Å². The molecule has 2 unspecified atom stereocenters. The van der Waals surface area contributed by atoms with E-state index in [1.54, 1.807) is 54.6 Å². The maximum atomic E-state index is 13.3. The molecular weight excluding hydrogens is 514 g/mol. The molecule has 2 amide bonds. The van der Waals surface area contributed by atoms with Gasteiger partial charge in [-0.15, -0.1) is 0 Å². The monoisotopic (exact) mass is 547 g/mol. The Morgan fingerprint density at radius 3 is 2.49 bits per heavy atom. The standard InChI is InChI=1S/C29H33N5O4S/c1-4-34(5-2)21-13-10-18(11-14-21)27(36)33-25(19-8-7-9-22(16-19)38-6-3)26(35)28(37)31-20-12-15-23-24(17-20)39-29(30)32-23/h7-17,25-26,35H,4-6H2,1-3H3,(H2,30,32)(H,31,37)(H,33,36). The van der Waals surface area contributed by atoms with Crippen LogP contribution in [0.1, 0.15) is 42.7 Å². The van der Waals surface area contributed by atoms with E-state index in [1.165, 1.54) is 11.3 Å². The number of hydrogen-bond acceptors (Lipinski definition) is 8. The van der Waals surface area contributed by atoms with E-state index >= 15 is 0 Å². The Bertz CT molecular complexity index is 1440. The zero-order chi connectivity index (χ0) is 27.9. The van der Waals surface area contributed by atoms with Crippen molar-refractivity contribution < 1.29 is 19.4 Å². The minimum Gasteiger partial charge on any atom is -0.494 e. The van der Waals surface area contributed by atoms with Crippen molar-refractivity contribution in [2.45, 2.75) is 32.9 Å². The molecule has 204 valence electrons. The van der Waals surface area contributed by atoms with Crippen LogP contribution in [0.4, 0.5) is 16.5 Å². The first kappa shape index (κ1) is 27.9. The third-order valence-electron chi connectivity index (χ3n) is 6.33. The highest BCUT2D eigenvalue weighted by molar-refractivity contribution is 7.22. The van der Waals surface area contributed by atoms with Crippen LogP contribution in [0.3, 0.4) is 0 Å². The summed E-state index contributed by atoms with van der Waals surface area (Å²) in [5.74, 6) is -0.518. The second-order valence-corrected chi connectivity index (χ2v) is 9.91. The van der Waals surface area contributed by atoms with Crippen molar-refractivity contribution in [3.05, 3.63) is 77.9 Å². The molecule has 4 rings (SSSR count). The molecule has 10 heteroatoms. The van der Waals surface area contributed by atoms with Gasteiger partial charge in [-0.3, -0.25) is 9.59 Å². The second kappa shape index (κ2) is 12.6. The lowest BCUT2D eigenvalue weighted by molar-refractivity contribution is -0.125. The number of nitrogens with two attached hydrogens (primary N) is 1. The summed E-state index contributed by atoms with van der Waals surface area (Å²) in [7, 11) is 0. The first-order valence-electron chi connectivity index (χ1n) is 12.9. The quantitative estimate of drug-likeness (QED) is 0.216. The number of aliphatic hydroxyl groups excluding tert-OH is 1. The molecule has 9 nitrogen and oxygen atoms in total. The van der Waals surface area contributed by atoms with Gasteiger partial charge in [-0.25, -0.2) is 4.98 Å². The second-order valence-electron chi connectivity index (χ2n) is 8.84. The van der Waals surface area contributed by atoms with Crippen LogP contribution >= 0.6 is 11.3 Å². The van der Waals surface area contributed by atoms with E-state index in [9.17, 15) is 14.7 Å². The third-order valence-corrected chi connectivity index (χ3v) is 7.18. The minimum atomic E-state index is -1.59. The molecule has 0 bridgehead atoms. The molecule has 0 saturated carbocycles. The van der Waals surface area contributed by atoms with E-state index < -0.39 is 24.0 Å². The molecule has 3 aromatic carbocycles. The first-order chi connectivity index (χ1) is 18.8. The summed E-state index contributed by atoms with van der Waals surface area (Å²) in [6.45, 7) is 8.16. The summed E-state index contributed by atoms with van der Waals surface area (Å²) in [5, 5.41) is 17.2. The predicted octanol–water partition coefficient (Wildman–Crippen LogP) is 4.59. The number of nitrogens with one attached hydrogen (secondary N) is 2. The Labute approximate surface area is 231 Å². The molecule has 5 N–H and O–H groups in total. The molecule has 2 atom stereocenters. The number of ether oxygens (including phenoxy) is 1. The van der Waals surface area contributed by atoms with Crippen LogP contribution in [-0.2, 0) is 4.79 Å². The normalized spacial score (nSPS) is 12.5. The Balaban J connectivity index is 1.58. The van der Waals surface area contributed by atoms with Crippen molar-refractivity contribution in [3.8, 4) is 5.75 Å². The van der Waals surface area contributed by atoms with Gasteiger partial charge in [-0.05, 0) is 80.9 Å². The van der Waals surface area contributed by atoms with Crippen LogP contribution in [-0.4, -0.2) is 47.7 Å². The van der Waals surface area contributed by atoms with E-state index in [1.807, 2.05) is 19.1 Å². The van der Waals surface area contributed by atoms with Gasteiger partial charge in [0.15, 0.2) is 11.2 Å². The molecule has 1 heterocycles. The molecule has 0 spiro atoms. The van der Waals surface area contributed by atoms with Crippen molar-refractivity contribution >= 4 is 49.9 Å². The lowest BCUT2D eigenvalue weighted by atomic mass is 9.99. The number of rotatable bonds is 11. The van der Waals surface area contributed by atoms with Crippen LogP contribution in [0.15, 0.2) is 66.7 Å². The number of aromatic nitrogens is 1. The average Bonchev–Trinajstić information content (AvgIpc) is 3.32. The van der Waals surface area contributed by atoms with Gasteiger partial charge in [0, 0.05) is 30.0 Å². The average molecular weight is 548 g/mol. The topological polar surface area (TPSA) is 130 Å². The van der Waals surface area contributed by atoms with Crippen LogP contribution in [0.5, 0.6) is 5.75 Å². The van der Waals surface area contributed by atoms with Crippen LogP contribution in [0.25, 0.3) is 10.2 Å². The molecule has 1 aromatic heterocycles. The maximum absolute atomic E-state index is 13.3. The maximum Gasteiger partial charge on any atom is 0.255 e. The van der Waals surface area contributed by atoms with Gasteiger partial charge in [-0.2, -0.15) is 0 Å². The molecular formula is C29H33N5O4S. The summed E-state index contributed by atoms with van der Waals surface area (Å²) in [6.07, 6.45) is -1.59. The van der Waals surface area contributed by atoms with Gasteiger partial charge in [0.2, 0.25) is 0 Å². The molecule has 0 aliphatic rings. The van der Waals surface area contributed by atoms with Crippen molar-refractivity contribution in [1.82, 2.24) is 10.3 Å². The number of hydrogen-bond donors (Lipinski definition) is 4. The molecule has 4 aromatic rings. The number of anilines is 3. The third kappa shape index (κ3) is 6.65. The number of fused-ring (bicyclic) bond motifs is 1. The molecule has 0 aliphatic carbocycles. The number of carbonyl (C=O) groups excluding carboxylic acids is 2. The van der Waals surface area contributed by atoms with Crippen molar-refractivity contribution in [2.24, 2.45) is 0 Å². The first-order valence-corrected chi connectivity index (χ1v) is 13.7. The summed E-state index contributed by atoms with van der Waals surface area (Å²) in [6, 6.07) is 18.4. The van der Waals surface area contributed by atoms with E-state index in [-0.39, 0.29) is 0 Å². The SMILES string of the molecule is CCOc1cccc(C(NC(=O)c2ccc(N(CC)CC)cc2)C(O)C(=O)Nc2ccc3nc(N)sc3c2)c1. The molecule has 0 radical (unpaired) electrons. The highest BCUT2D eigenvalue weighted by Crippen LogP contribution is 2.28. The Morgan fingerprint density at radius 2 is 1.79 bits per heavy atom. The summed E-state index contributed by atoms with van der Waals surface area (Å²) < 4.78 is 6.41.